The summed E-state index contributed by atoms with van der Waals surface area (Å²) in [6, 6.07) is 4.89. The van der Waals surface area contributed by atoms with Crippen molar-refractivity contribution in [2.24, 2.45) is 0 Å². The van der Waals surface area contributed by atoms with Crippen molar-refractivity contribution in [3.63, 3.8) is 0 Å². The molecule has 1 heterocycles. The van der Waals surface area contributed by atoms with Crippen LogP contribution in [0.5, 0.6) is 5.75 Å². The van der Waals surface area contributed by atoms with Crippen molar-refractivity contribution in [3.05, 3.63) is 26.6 Å². The largest absolute Gasteiger partial charge is 0.490 e. The van der Waals surface area contributed by atoms with Gasteiger partial charge in [0.05, 0.1) is 10.5 Å². The summed E-state index contributed by atoms with van der Waals surface area (Å²) >= 11 is 7.01. The van der Waals surface area contributed by atoms with Gasteiger partial charge < -0.3 is 10.1 Å². The summed E-state index contributed by atoms with van der Waals surface area (Å²) in [6.07, 6.45) is 0. The summed E-state index contributed by atoms with van der Waals surface area (Å²) < 4.78 is 7.76. The highest BCUT2D eigenvalue weighted by molar-refractivity contribution is 9.11. The molecule has 0 fully saturated rings. The Morgan fingerprint density at radius 1 is 1.40 bits per heavy atom. The molecule has 1 aromatic carbocycles. The lowest BCUT2D eigenvalue weighted by Crippen LogP contribution is -2.28. The van der Waals surface area contributed by atoms with E-state index in [9.17, 15) is 0 Å². The molecule has 1 atom stereocenters. The first kappa shape index (κ1) is 11.4. The van der Waals surface area contributed by atoms with Gasteiger partial charge in [0, 0.05) is 16.1 Å². The van der Waals surface area contributed by atoms with E-state index in [0.29, 0.717) is 18.7 Å². The first-order chi connectivity index (χ1) is 7.08. The molecule has 0 saturated carbocycles. The Hall–Kier alpha value is -0.0600. The van der Waals surface area contributed by atoms with Crippen LogP contribution in [-0.4, -0.2) is 12.6 Å². The van der Waals surface area contributed by atoms with Crippen LogP contribution < -0.4 is 10.1 Å². The fourth-order valence-corrected chi connectivity index (χ4v) is 3.16. The number of benzene rings is 1. The van der Waals surface area contributed by atoms with Gasteiger partial charge in [-0.2, -0.15) is 0 Å². The Morgan fingerprint density at radius 3 is 2.80 bits per heavy atom. The maximum absolute atomic E-state index is 5.67. The molecule has 1 aliphatic rings. The van der Waals surface area contributed by atoms with Crippen molar-refractivity contribution >= 4 is 31.9 Å². The molecule has 1 unspecified atom stereocenters. The van der Waals surface area contributed by atoms with E-state index in [-0.39, 0.29) is 0 Å². The zero-order valence-electron chi connectivity index (χ0n) is 8.68. The van der Waals surface area contributed by atoms with Crippen LogP contribution in [0.15, 0.2) is 21.1 Å². The number of halogens is 2. The van der Waals surface area contributed by atoms with Crippen LogP contribution in [0, 0.1) is 0 Å². The van der Waals surface area contributed by atoms with Gasteiger partial charge in [0.25, 0.3) is 0 Å². The summed E-state index contributed by atoms with van der Waals surface area (Å²) in [4.78, 5) is 0. The predicted octanol–water partition coefficient (Wildman–Crippen LogP) is 3.64. The lowest BCUT2D eigenvalue weighted by molar-refractivity contribution is 0.302. The molecule has 2 nitrogen and oxygen atoms in total. The molecule has 4 heteroatoms. The number of fused-ring (bicyclic) bond motifs is 1. The molecule has 1 aliphatic heterocycles. The van der Waals surface area contributed by atoms with Crippen molar-refractivity contribution < 1.29 is 4.74 Å². The minimum atomic E-state index is 0.300. The molecule has 1 N–H and O–H groups in total. The Kier molecular flexibility index (Phi) is 3.38. The van der Waals surface area contributed by atoms with Gasteiger partial charge in [-0.3, -0.25) is 0 Å². The van der Waals surface area contributed by atoms with Crippen molar-refractivity contribution in [1.29, 1.82) is 0 Å². The fourth-order valence-electron chi connectivity index (χ4n) is 1.79. The third kappa shape index (κ3) is 2.37. The van der Waals surface area contributed by atoms with Crippen LogP contribution in [0.3, 0.4) is 0 Å². The topological polar surface area (TPSA) is 21.3 Å². The van der Waals surface area contributed by atoms with E-state index >= 15 is 0 Å². The van der Waals surface area contributed by atoms with Crippen molar-refractivity contribution in [2.45, 2.75) is 25.9 Å². The molecule has 1 aromatic rings. The van der Waals surface area contributed by atoms with Crippen molar-refractivity contribution in [3.8, 4) is 5.75 Å². The Morgan fingerprint density at radius 2 is 2.13 bits per heavy atom. The van der Waals surface area contributed by atoms with E-state index in [0.717, 1.165) is 14.7 Å². The highest BCUT2D eigenvalue weighted by atomic mass is 79.9. The molecule has 0 aliphatic carbocycles. The molecule has 0 aromatic heterocycles. The molecule has 2 rings (SSSR count). The van der Waals surface area contributed by atoms with Crippen LogP contribution in [-0.2, 0) is 0 Å². The first-order valence-corrected chi connectivity index (χ1v) is 6.54. The second-order valence-electron chi connectivity index (χ2n) is 3.99. The van der Waals surface area contributed by atoms with E-state index in [1.54, 1.807) is 0 Å². The minimum Gasteiger partial charge on any atom is -0.490 e. The lowest BCUT2D eigenvalue weighted by atomic mass is 10.1. The van der Waals surface area contributed by atoms with E-state index < -0.39 is 0 Å². The summed E-state index contributed by atoms with van der Waals surface area (Å²) in [5, 5.41) is 3.49. The smallest absolute Gasteiger partial charge is 0.138 e. The summed E-state index contributed by atoms with van der Waals surface area (Å²) in [7, 11) is 0. The Bertz CT molecular complexity index is 379. The van der Waals surface area contributed by atoms with Crippen LogP contribution in [0.25, 0.3) is 0 Å². The maximum atomic E-state index is 5.67. The average Bonchev–Trinajstić information content (AvgIpc) is 2.48. The van der Waals surface area contributed by atoms with Gasteiger partial charge in [0.1, 0.15) is 12.4 Å². The number of hydrogen-bond donors (Lipinski definition) is 1. The quantitative estimate of drug-likeness (QED) is 0.891. The Labute approximate surface area is 107 Å². The third-order valence-corrected chi connectivity index (χ3v) is 3.39. The van der Waals surface area contributed by atoms with Gasteiger partial charge in [0.2, 0.25) is 0 Å². The second-order valence-corrected chi connectivity index (χ2v) is 5.76. The zero-order valence-corrected chi connectivity index (χ0v) is 11.9. The highest BCUT2D eigenvalue weighted by Gasteiger charge is 2.26. The molecule has 0 radical (unpaired) electrons. The molecule has 15 heavy (non-hydrogen) atoms. The van der Waals surface area contributed by atoms with Crippen LogP contribution in [0.2, 0.25) is 0 Å². The molecule has 0 amide bonds. The standard InChI is InChI=1S/C11H13Br2NO/c1-6(2)14-10-5-15-11-8(10)3-7(12)4-9(11)13/h3-4,6,10,14H,5H2,1-2H3. The Balaban J connectivity index is 2.33. The summed E-state index contributed by atoms with van der Waals surface area (Å²) in [6.45, 7) is 5.00. The van der Waals surface area contributed by atoms with Gasteiger partial charge in [-0.05, 0) is 28.1 Å². The van der Waals surface area contributed by atoms with E-state index in [4.69, 9.17) is 4.74 Å². The van der Waals surface area contributed by atoms with Gasteiger partial charge in [-0.1, -0.05) is 29.8 Å². The number of ether oxygens (including phenoxy) is 1. The molecule has 0 saturated heterocycles. The van der Waals surface area contributed by atoms with Crippen molar-refractivity contribution in [1.82, 2.24) is 5.32 Å². The van der Waals surface area contributed by atoms with Crippen molar-refractivity contribution in [2.75, 3.05) is 6.61 Å². The zero-order chi connectivity index (χ0) is 11.0. The average molecular weight is 335 g/mol. The van der Waals surface area contributed by atoms with Crippen LogP contribution in [0.1, 0.15) is 25.5 Å². The van der Waals surface area contributed by atoms with Gasteiger partial charge in [-0.15, -0.1) is 0 Å². The molecule has 0 spiro atoms. The maximum Gasteiger partial charge on any atom is 0.138 e. The highest BCUT2D eigenvalue weighted by Crippen LogP contribution is 2.40. The fraction of sp³-hybridized carbons (Fsp3) is 0.455. The van der Waals surface area contributed by atoms with E-state index in [1.807, 2.05) is 6.07 Å². The SMILES string of the molecule is CC(C)NC1COc2c(Br)cc(Br)cc21. The summed E-state index contributed by atoms with van der Waals surface area (Å²) in [5.74, 6) is 0.969. The number of rotatable bonds is 2. The van der Waals surface area contributed by atoms with E-state index in [1.165, 1.54) is 5.56 Å². The van der Waals surface area contributed by atoms with Gasteiger partial charge in [0.15, 0.2) is 0 Å². The molecule has 0 bridgehead atoms. The van der Waals surface area contributed by atoms with Gasteiger partial charge >= 0.3 is 0 Å². The monoisotopic (exact) mass is 333 g/mol. The predicted molar refractivity (Wildman–Crippen MR) is 68.3 cm³/mol. The number of hydrogen-bond acceptors (Lipinski definition) is 2. The van der Waals surface area contributed by atoms with E-state index in [2.05, 4.69) is 57.1 Å². The molecule has 82 valence electrons. The lowest BCUT2D eigenvalue weighted by Gasteiger charge is -2.14. The normalized spacial score (nSPS) is 19.1. The first-order valence-electron chi connectivity index (χ1n) is 4.95. The third-order valence-electron chi connectivity index (χ3n) is 2.34. The van der Waals surface area contributed by atoms with Crippen LogP contribution in [0.4, 0.5) is 0 Å². The molecular formula is C11H13Br2NO. The number of nitrogens with one attached hydrogen (secondary N) is 1. The van der Waals surface area contributed by atoms with Crippen LogP contribution >= 0.6 is 31.9 Å². The summed E-state index contributed by atoms with van der Waals surface area (Å²) in [5.41, 5.74) is 1.23. The molecular weight excluding hydrogens is 322 g/mol. The second kappa shape index (κ2) is 4.44. The minimum absolute atomic E-state index is 0.300. The van der Waals surface area contributed by atoms with Gasteiger partial charge in [-0.25, -0.2) is 0 Å².